The van der Waals surface area contributed by atoms with Crippen LogP contribution in [0.4, 0.5) is 5.82 Å². The van der Waals surface area contributed by atoms with Crippen LogP contribution >= 0.6 is 0 Å². The third kappa shape index (κ3) is 3.31. The summed E-state index contributed by atoms with van der Waals surface area (Å²) in [4.78, 5) is 6.41. The number of pyridine rings is 1. The lowest BCUT2D eigenvalue weighted by atomic mass is 10.1. The lowest BCUT2D eigenvalue weighted by molar-refractivity contribution is 0.169. The summed E-state index contributed by atoms with van der Waals surface area (Å²) < 4.78 is 11.3. The number of hydrogen-bond acceptors (Lipinski definition) is 5. The number of aromatic nitrogens is 1. The van der Waals surface area contributed by atoms with Crippen LogP contribution in [0.15, 0.2) is 36.5 Å². The second-order valence-electron chi connectivity index (χ2n) is 5.46. The van der Waals surface area contributed by atoms with Crippen LogP contribution in [0.5, 0.6) is 11.5 Å². The number of nitrogens with zero attached hydrogens (tertiary/aromatic N) is 2. The van der Waals surface area contributed by atoms with E-state index in [0.29, 0.717) is 13.2 Å². The fourth-order valence-electron chi connectivity index (χ4n) is 2.40. The maximum absolute atomic E-state index is 5.72. The van der Waals surface area contributed by atoms with Crippen molar-refractivity contribution in [1.29, 1.82) is 0 Å². The quantitative estimate of drug-likeness (QED) is 0.917. The summed E-state index contributed by atoms with van der Waals surface area (Å²) in [6.45, 7) is 2.74. The molecule has 5 nitrogen and oxygen atoms in total. The van der Waals surface area contributed by atoms with Crippen LogP contribution in [0.25, 0.3) is 0 Å². The minimum Gasteiger partial charge on any atom is -0.486 e. The molecule has 0 amide bonds. The number of rotatable bonds is 5. The van der Waals surface area contributed by atoms with Gasteiger partial charge in [-0.05, 0) is 17.7 Å². The first-order valence-corrected chi connectivity index (χ1v) is 7.44. The van der Waals surface area contributed by atoms with Gasteiger partial charge < -0.3 is 19.7 Å². The Bertz CT molecular complexity index is 626. The predicted molar refractivity (Wildman–Crippen MR) is 86.5 cm³/mol. The highest BCUT2D eigenvalue weighted by atomic mass is 16.6. The van der Waals surface area contributed by atoms with Gasteiger partial charge in [0.25, 0.3) is 0 Å². The summed E-state index contributed by atoms with van der Waals surface area (Å²) in [5.41, 5.74) is 2.28. The van der Waals surface area contributed by atoms with E-state index in [9.17, 15) is 0 Å². The Balaban J connectivity index is 1.59. The van der Waals surface area contributed by atoms with Crippen molar-refractivity contribution in [2.45, 2.75) is 13.1 Å². The van der Waals surface area contributed by atoms with Gasteiger partial charge in [-0.3, -0.25) is 0 Å². The summed E-state index contributed by atoms with van der Waals surface area (Å²) in [7, 11) is 3.97. The average Bonchev–Trinajstić information content (AvgIpc) is 2.55. The summed E-state index contributed by atoms with van der Waals surface area (Å²) >= 11 is 0. The van der Waals surface area contributed by atoms with Gasteiger partial charge in [-0.15, -0.1) is 0 Å². The van der Waals surface area contributed by atoms with Gasteiger partial charge in [0.15, 0.2) is 11.5 Å². The fraction of sp³-hybridized carbons (Fsp3) is 0.353. The Morgan fingerprint density at radius 2 is 1.95 bits per heavy atom. The molecule has 0 bridgehead atoms. The van der Waals surface area contributed by atoms with Crippen LogP contribution in [0.2, 0.25) is 0 Å². The van der Waals surface area contributed by atoms with Gasteiger partial charge in [0, 0.05) is 38.9 Å². The third-order valence-corrected chi connectivity index (χ3v) is 3.56. The van der Waals surface area contributed by atoms with Gasteiger partial charge in [-0.1, -0.05) is 18.2 Å². The Kier molecular flexibility index (Phi) is 4.44. The van der Waals surface area contributed by atoms with E-state index in [0.717, 1.165) is 41.5 Å². The molecule has 1 aromatic heterocycles. The van der Waals surface area contributed by atoms with Gasteiger partial charge in [-0.25, -0.2) is 4.98 Å². The minimum atomic E-state index is 0.611. The standard InChI is InChI=1S/C17H21N3O2/c1-20(2)16-7-6-13(11-19-16)10-18-12-14-4-3-5-15-17(14)22-9-8-21-15/h3-7,11,18H,8-10,12H2,1-2H3. The second-order valence-corrected chi connectivity index (χ2v) is 5.46. The number of hydrogen-bond donors (Lipinski definition) is 1. The van der Waals surface area contributed by atoms with Gasteiger partial charge in [-0.2, -0.15) is 0 Å². The molecular weight excluding hydrogens is 278 g/mol. The van der Waals surface area contributed by atoms with Crippen molar-refractivity contribution >= 4 is 5.82 Å². The van der Waals surface area contributed by atoms with Crippen molar-refractivity contribution in [3.63, 3.8) is 0 Å². The summed E-state index contributed by atoms with van der Waals surface area (Å²) in [6, 6.07) is 10.1. The molecule has 5 heteroatoms. The van der Waals surface area contributed by atoms with E-state index in [1.165, 1.54) is 0 Å². The summed E-state index contributed by atoms with van der Waals surface area (Å²) in [5, 5.41) is 3.43. The molecule has 0 atom stereocenters. The molecule has 0 unspecified atom stereocenters. The molecule has 22 heavy (non-hydrogen) atoms. The van der Waals surface area contributed by atoms with Crippen LogP contribution in [-0.2, 0) is 13.1 Å². The largest absolute Gasteiger partial charge is 0.486 e. The van der Waals surface area contributed by atoms with Crippen molar-refractivity contribution in [2.75, 3.05) is 32.2 Å². The van der Waals surface area contributed by atoms with E-state index in [1.807, 2.05) is 43.4 Å². The first kappa shape index (κ1) is 14.7. The molecule has 2 aromatic rings. The highest BCUT2D eigenvalue weighted by molar-refractivity contribution is 5.47. The Labute approximate surface area is 130 Å². The van der Waals surface area contributed by atoms with Gasteiger partial charge in [0.2, 0.25) is 0 Å². The predicted octanol–water partition coefficient (Wildman–Crippen LogP) is 2.21. The zero-order chi connectivity index (χ0) is 15.4. The molecule has 1 aliphatic heterocycles. The van der Waals surface area contributed by atoms with Crippen LogP contribution < -0.4 is 19.7 Å². The minimum absolute atomic E-state index is 0.611. The molecule has 0 fully saturated rings. The Hall–Kier alpha value is -2.27. The van der Waals surface area contributed by atoms with E-state index >= 15 is 0 Å². The normalized spacial score (nSPS) is 13.0. The van der Waals surface area contributed by atoms with Crippen LogP contribution in [-0.4, -0.2) is 32.3 Å². The number of para-hydroxylation sites is 1. The maximum Gasteiger partial charge on any atom is 0.165 e. The van der Waals surface area contributed by atoms with Crippen LogP contribution in [0.3, 0.4) is 0 Å². The first-order chi connectivity index (χ1) is 10.7. The molecule has 0 spiro atoms. The van der Waals surface area contributed by atoms with E-state index in [1.54, 1.807) is 0 Å². The zero-order valence-electron chi connectivity index (χ0n) is 13.0. The van der Waals surface area contributed by atoms with Gasteiger partial charge in [0.1, 0.15) is 19.0 Å². The molecule has 0 saturated carbocycles. The van der Waals surface area contributed by atoms with Crippen LogP contribution in [0.1, 0.15) is 11.1 Å². The van der Waals surface area contributed by atoms with E-state index in [4.69, 9.17) is 9.47 Å². The average molecular weight is 299 g/mol. The molecule has 2 heterocycles. The molecule has 0 aliphatic carbocycles. The van der Waals surface area contributed by atoms with Crippen molar-refractivity contribution in [2.24, 2.45) is 0 Å². The lowest BCUT2D eigenvalue weighted by Gasteiger charge is -2.21. The fourth-order valence-corrected chi connectivity index (χ4v) is 2.40. The molecule has 1 aliphatic rings. The Morgan fingerprint density at radius 1 is 1.09 bits per heavy atom. The number of ether oxygens (including phenoxy) is 2. The smallest absolute Gasteiger partial charge is 0.165 e. The molecular formula is C17H21N3O2. The lowest BCUT2D eigenvalue weighted by Crippen LogP contribution is -2.19. The van der Waals surface area contributed by atoms with E-state index in [-0.39, 0.29) is 0 Å². The number of benzene rings is 1. The van der Waals surface area contributed by atoms with Crippen molar-refractivity contribution in [1.82, 2.24) is 10.3 Å². The summed E-state index contributed by atoms with van der Waals surface area (Å²) in [5.74, 6) is 2.66. The molecule has 116 valence electrons. The van der Waals surface area contributed by atoms with Gasteiger partial charge in [0.05, 0.1) is 0 Å². The molecule has 1 N–H and O–H groups in total. The van der Waals surface area contributed by atoms with E-state index < -0.39 is 0 Å². The monoisotopic (exact) mass is 299 g/mol. The summed E-state index contributed by atoms with van der Waals surface area (Å²) in [6.07, 6.45) is 1.91. The SMILES string of the molecule is CN(C)c1ccc(CNCc2cccc3c2OCCO3)cn1. The molecule has 0 saturated heterocycles. The first-order valence-electron chi connectivity index (χ1n) is 7.44. The van der Waals surface area contributed by atoms with Gasteiger partial charge >= 0.3 is 0 Å². The van der Waals surface area contributed by atoms with E-state index in [2.05, 4.69) is 22.4 Å². The van der Waals surface area contributed by atoms with Crippen molar-refractivity contribution < 1.29 is 9.47 Å². The zero-order valence-corrected chi connectivity index (χ0v) is 13.0. The van der Waals surface area contributed by atoms with Crippen molar-refractivity contribution in [3.8, 4) is 11.5 Å². The highest BCUT2D eigenvalue weighted by Gasteiger charge is 2.14. The maximum atomic E-state index is 5.72. The highest BCUT2D eigenvalue weighted by Crippen LogP contribution is 2.33. The molecule has 1 aromatic carbocycles. The number of nitrogens with one attached hydrogen (secondary N) is 1. The molecule has 0 radical (unpaired) electrons. The number of fused-ring (bicyclic) bond motifs is 1. The van der Waals surface area contributed by atoms with Crippen molar-refractivity contribution in [3.05, 3.63) is 47.7 Å². The number of anilines is 1. The Morgan fingerprint density at radius 3 is 2.73 bits per heavy atom. The second kappa shape index (κ2) is 6.66. The topological polar surface area (TPSA) is 46.6 Å². The van der Waals surface area contributed by atoms with Crippen LogP contribution in [0, 0.1) is 0 Å². The molecule has 3 rings (SSSR count). The third-order valence-electron chi connectivity index (χ3n) is 3.56.